The minimum absolute atomic E-state index is 0.123. The first-order valence-electron chi connectivity index (χ1n) is 9.34. The molecule has 0 spiro atoms. The highest BCUT2D eigenvalue weighted by Crippen LogP contribution is 2.43. The Balaban J connectivity index is 1.97. The van der Waals surface area contributed by atoms with Crippen LogP contribution in [0.1, 0.15) is 13.8 Å². The monoisotopic (exact) mass is 446 g/mol. The van der Waals surface area contributed by atoms with Gasteiger partial charge in [0.1, 0.15) is 16.7 Å². The van der Waals surface area contributed by atoms with Gasteiger partial charge in [0.15, 0.2) is 28.6 Å². The molecule has 3 aromatic rings. The van der Waals surface area contributed by atoms with Crippen molar-refractivity contribution < 1.29 is 33.3 Å². The second-order valence-corrected chi connectivity index (χ2v) is 7.74. The van der Waals surface area contributed by atoms with Gasteiger partial charge in [0.25, 0.3) is 0 Å². The Morgan fingerprint density at radius 3 is 2.35 bits per heavy atom. The second kappa shape index (κ2) is 9.65. The third-order valence-electron chi connectivity index (χ3n) is 4.05. The molecule has 1 aromatic heterocycles. The number of benzene rings is 2. The van der Waals surface area contributed by atoms with Crippen LogP contribution in [0.4, 0.5) is 0 Å². The van der Waals surface area contributed by atoms with Crippen molar-refractivity contribution in [3.05, 3.63) is 46.6 Å². The standard InChI is InChI=1S/C22H22O8S/c1-12(2)29-17-10-16-20(22(27-4)21(17)26-3)15(23)9-19(30-16)31-14-7-5-13(6-8-14)28-11-18(24)25/h5-10,12H,11H2,1-4H3,(H,24,25). The van der Waals surface area contributed by atoms with Crippen LogP contribution in [-0.2, 0) is 4.79 Å². The van der Waals surface area contributed by atoms with E-state index < -0.39 is 12.6 Å². The molecule has 31 heavy (non-hydrogen) atoms. The maximum atomic E-state index is 12.8. The molecule has 3 rings (SSSR count). The normalized spacial score (nSPS) is 10.9. The topological polar surface area (TPSA) is 104 Å². The Kier molecular flexibility index (Phi) is 6.96. The molecule has 0 aliphatic carbocycles. The quantitative estimate of drug-likeness (QED) is 0.517. The lowest BCUT2D eigenvalue weighted by molar-refractivity contribution is -0.139. The van der Waals surface area contributed by atoms with E-state index in [0.29, 0.717) is 27.9 Å². The average molecular weight is 446 g/mol. The van der Waals surface area contributed by atoms with Gasteiger partial charge in [0.05, 0.1) is 20.3 Å². The number of hydrogen-bond donors (Lipinski definition) is 1. The van der Waals surface area contributed by atoms with E-state index in [9.17, 15) is 9.59 Å². The van der Waals surface area contributed by atoms with E-state index >= 15 is 0 Å². The third-order valence-corrected chi connectivity index (χ3v) is 4.96. The zero-order chi connectivity index (χ0) is 22.5. The van der Waals surface area contributed by atoms with Crippen molar-refractivity contribution in [3.63, 3.8) is 0 Å². The Labute approximate surface area is 182 Å². The zero-order valence-corrected chi connectivity index (χ0v) is 18.3. The molecule has 1 N–H and O–H groups in total. The fraction of sp³-hybridized carbons (Fsp3) is 0.273. The van der Waals surface area contributed by atoms with Crippen LogP contribution in [-0.4, -0.2) is 38.0 Å². The van der Waals surface area contributed by atoms with Crippen LogP contribution in [0.15, 0.2) is 55.6 Å². The Hall–Kier alpha value is -3.33. The summed E-state index contributed by atoms with van der Waals surface area (Å²) in [6, 6.07) is 9.78. The van der Waals surface area contributed by atoms with Crippen LogP contribution in [0.5, 0.6) is 23.0 Å². The molecule has 0 saturated carbocycles. The van der Waals surface area contributed by atoms with Gasteiger partial charge in [-0.15, -0.1) is 0 Å². The summed E-state index contributed by atoms with van der Waals surface area (Å²) in [4.78, 5) is 24.2. The van der Waals surface area contributed by atoms with Crippen LogP contribution in [0.25, 0.3) is 11.0 Å². The number of rotatable bonds is 9. The third kappa shape index (κ3) is 5.24. The Morgan fingerprint density at radius 2 is 1.77 bits per heavy atom. The van der Waals surface area contributed by atoms with Gasteiger partial charge in [-0.05, 0) is 38.1 Å². The highest BCUT2D eigenvalue weighted by Gasteiger charge is 2.21. The van der Waals surface area contributed by atoms with Crippen molar-refractivity contribution in [1.82, 2.24) is 0 Å². The number of fused-ring (bicyclic) bond motifs is 1. The molecule has 0 amide bonds. The van der Waals surface area contributed by atoms with Gasteiger partial charge < -0.3 is 28.5 Å². The van der Waals surface area contributed by atoms with E-state index in [4.69, 9.17) is 28.5 Å². The second-order valence-electron chi connectivity index (χ2n) is 6.67. The van der Waals surface area contributed by atoms with E-state index in [0.717, 1.165) is 4.90 Å². The maximum Gasteiger partial charge on any atom is 0.341 e. The fourth-order valence-electron chi connectivity index (χ4n) is 2.87. The molecule has 0 radical (unpaired) electrons. The molecule has 0 aliphatic rings. The molecular weight excluding hydrogens is 424 g/mol. The number of carbonyl (C=O) groups is 1. The van der Waals surface area contributed by atoms with E-state index in [1.54, 1.807) is 30.3 Å². The summed E-state index contributed by atoms with van der Waals surface area (Å²) in [5, 5.41) is 9.31. The molecule has 1 heterocycles. The zero-order valence-electron chi connectivity index (χ0n) is 17.5. The van der Waals surface area contributed by atoms with Gasteiger partial charge >= 0.3 is 5.97 Å². The van der Waals surface area contributed by atoms with Gasteiger partial charge in [-0.25, -0.2) is 4.79 Å². The van der Waals surface area contributed by atoms with Crippen molar-refractivity contribution in [2.24, 2.45) is 0 Å². The van der Waals surface area contributed by atoms with Crippen molar-refractivity contribution in [3.8, 4) is 23.0 Å². The highest BCUT2D eigenvalue weighted by molar-refractivity contribution is 7.99. The van der Waals surface area contributed by atoms with Crippen LogP contribution in [0.3, 0.4) is 0 Å². The maximum absolute atomic E-state index is 12.8. The lowest BCUT2D eigenvalue weighted by Gasteiger charge is -2.17. The molecular formula is C22H22O8S. The van der Waals surface area contributed by atoms with Crippen LogP contribution in [0, 0.1) is 0 Å². The minimum atomic E-state index is -1.05. The van der Waals surface area contributed by atoms with Gasteiger partial charge in [-0.2, -0.15) is 0 Å². The number of ether oxygens (including phenoxy) is 4. The Bertz CT molecular complexity index is 1130. The summed E-state index contributed by atoms with van der Waals surface area (Å²) in [7, 11) is 2.93. The van der Waals surface area contributed by atoms with Crippen LogP contribution in [0.2, 0.25) is 0 Å². The van der Waals surface area contributed by atoms with Crippen LogP contribution >= 0.6 is 11.8 Å². The van der Waals surface area contributed by atoms with Crippen molar-refractivity contribution in [1.29, 1.82) is 0 Å². The number of methoxy groups -OCH3 is 2. The molecule has 0 aliphatic heterocycles. The van der Waals surface area contributed by atoms with Gasteiger partial charge in [-0.3, -0.25) is 4.79 Å². The average Bonchev–Trinajstić information content (AvgIpc) is 2.71. The van der Waals surface area contributed by atoms with Crippen molar-refractivity contribution >= 4 is 28.7 Å². The minimum Gasteiger partial charge on any atom is -0.492 e. The van der Waals surface area contributed by atoms with Crippen molar-refractivity contribution in [2.45, 2.75) is 29.9 Å². The molecule has 2 aromatic carbocycles. The predicted octanol–water partition coefficient (Wildman–Crippen LogP) is 4.21. The Morgan fingerprint density at radius 1 is 1.10 bits per heavy atom. The SMILES string of the molecule is COc1c(OC(C)C)cc2oc(Sc3ccc(OCC(=O)O)cc3)cc(=O)c2c1OC. The summed E-state index contributed by atoms with van der Waals surface area (Å²) in [5.74, 6) is 0.365. The fourth-order valence-corrected chi connectivity index (χ4v) is 3.67. The highest BCUT2D eigenvalue weighted by atomic mass is 32.2. The van der Waals surface area contributed by atoms with Gasteiger partial charge in [-0.1, -0.05) is 11.8 Å². The summed E-state index contributed by atoms with van der Waals surface area (Å²) in [6.45, 7) is 3.34. The smallest absolute Gasteiger partial charge is 0.341 e. The van der Waals surface area contributed by atoms with Gasteiger partial charge in [0, 0.05) is 17.0 Å². The van der Waals surface area contributed by atoms with E-state index in [-0.39, 0.29) is 22.7 Å². The lowest BCUT2D eigenvalue weighted by atomic mass is 10.1. The summed E-state index contributed by atoms with van der Waals surface area (Å²) in [5.41, 5.74) is 0.0288. The van der Waals surface area contributed by atoms with E-state index in [2.05, 4.69) is 0 Å². The molecule has 0 bridgehead atoms. The first-order valence-corrected chi connectivity index (χ1v) is 10.2. The van der Waals surface area contributed by atoms with Crippen LogP contribution < -0.4 is 24.4 Å². The summed E-state index contributed by atoms with van der Waals surface area (Å²) in [6.07, 6.45) is -0.123. The molecule has 164 valence electrons. The molecule has 0 saturated heterocycles. The number of carboxylic acids is 1. The van der Waals surface area contributed by atoms with Gasteiger partial charge in [0.2, 0.25) is 5.75 Å². The first-order chi connectivity index (χ1) is 14.8. The largest absolute Gasteiger partial charge is 0.492 e. The molecule has 0 fully saturated rings. The number of hydrogen-bond acceptors (Lipinski definition) is 8. The molecule has 0 atom stereocenters. The number of aliphatic carboxylic acids is 1. The molecule has 0 unspecified atom stereocenters. The molecule has 9 heteroatoms. The first kappa shape index (κ1) is 22.4. The summed E-state index contributed by atoms with van der Waals surface area (Å²) < 4.78 is 27.7. The lowest BCUT2D eigenvalue weighted by Crippen LogP contribution is -2.09. The van der Waals surface area contributed by atoms with Crippen molar-refractivity contribution in [2.75, 3.05) is 20.8 Å². The number of carboxylic acid groups (broad SMARTS) is 1. The predicted molar refractivity (Wildman–Crippen MR) is 115 cm³/mol. The molecule has 8 nitrogen and oxygen atoms in total. The van der Waals surface area contributed by atoms with E-state index in [1.165, 1.54) is 32.0 Å². The summed E-state index contributed by atoms with van der Waals surface area (Å²) >= 11 is 1.24. The van der Waals surface area contributed by atoms with E-state index in [1.807, 2.05) is 13.8 Å².